The summed E-state index contributed by atoms with van der Waals surface area (Å²) >= 11 is 0. The normalized spacial score (nSPS) is 11.5. The fourth-order valence-electron chi connectivity index (χ4n) is 1.36. The van der Waals surface area contributed by atoms with Crippen LogP contribution in [0.1, 0.15) is 27.0 Å². The lowest BCUT2D eigenvalue weighted by atomic mass is 9.98. The highest BCUT2D eigenvalue weighted by molar-refractivity contribution is 5.89. The van der Waals surface area contributed by atoms with Gasteiger partial charge < -0.3 is 5.11 Å². The summed E-state index contributed by atoms with van der Waals surface area (Å²) in [6.45, 7) is 2.64. The van der Waals surface area contributed by atoms with Gasteiger partial charge in [0.1, 0.15) is 0 Å². The molecule has 0 aliphatic heterocycles. The topological polar surface area (TPSA) is 37.3 Å². The Balaban J connectivity index is 3.41. The zero-order valence-electron chi connectivity index (χ0n) is 8.14. The predicted octanol–water partition coefficient (Wildman–Crippen LogP) is 3.02. The van der Waals surface area contributed by atoms with Crippen molar-refractivity contribution in [3.63, 3.8) is 0 Å². The Kier molecular flexibility index (Phi) is 2.75. The standard InChI is InChI=1S/C10H9F3O2/c1-5-6(2)8(10(11,12)13)4-3-7(5)9(14)15/h3-4H,1-2H3,(H,14,15). The van der Waals surface area contributed by atoms with Gasteiger partial charge in [0.05, 0.1) is 11.1 Å². The molecule has 5 heteroatoms. The lowest BCUT2D eigenvalue weighted by Crippen LogP contribution is -2.11. The molecule has 0 aliphatic carbocycles. The van der Waals surface area contributed by atoms with Crippen LogP contribution in [0.15, 0.2) is 12.1 Å². The van der Waals surface area contributed by atoms with Crippen LogP contribution in [0.3, 0.4) is 0 Å². The van der Waals surface area contributed by atoms with E-state index < -0.39 is 17.7 Å². The van der Waals surface area contributed by atoms with E-state index >= 15 is 0 Å². The van der Waals surface area contributed by atoms with Crippen LogP contribution < -0.4 is 0 Å². The Morgan fingerprint density at radius 1 is 1.20 bits per heavy atom. The van der Waals surface area contributed by atoms with Crippen LogP contribution in [0, 0.1) is 13.8 Å². The van der Waals surface area contributed by atoms with Crippen LogP contribution in [0.2, 0.25) is 0 Å². The van der Waals surface area contributed by atoms with E-state index in [0.717, 1.165) is 12.1 Å². The summed E-state index contributed by atoms with van der Waals surface area (Å²) in [7, 11) is 0. The highest BCUT2D eigenvalue weighted by atomic mass is 19.4. The first-order valence-corrected chi connectivity index (χ1v) is 4.16. The van der Waals surface area contributed by atoms with Gasteiger partial charge in [-0.15, -0.1) is 0 Å². The molecule has 0 radical (unpaired) electrons. The first-order valence-electron chi connectivity index (χ1n) is 4.16. The monoisotopic (exact) mass is 218 g/mol. The fraction of sp³-hybridized carbons (Fsp3) is 0.300. The molecular formula is C10H9F3O2. The van der Waals surface area contributed by atoms with Gasteiger partial charge in [0.2, 0.25) is 0 Å². The number of carbonyl (C=O) groups is 1. The molecule has 1 aromatic rings. The van der Waals surface area contributed by atoms with Crippen molar-refractivity contribution < 1.29 is 23.1 Å². The zero-order chi connectivity index (χ0) is 11.8. The number of carboxylic acid groups (broad SMARTS) is 1. The van der Waals surface area contributed by atoms with E-state index in [1.165, 1.54) is 13.8 Å². The average Bonchev–Trinajstić information content (AvgIpc) is 2.06. The molecule has 0 fully saturated rings. The average molecular weight is 218 g/mol. The molecule has 82 valence electrons. The van der Waals surface area contributed by atoms with Crippen molar-refractivity contribution in [2.45, 2.75) is 20.0 Å². The number of alkyl halides is 3. The number of benzene rings is 1. The first kappa shape index (κ1) is 11.6. The molecular weight excluding hydrogens is 209 g/mol. The van der Waals surface area contributed by atoms with Gasteiger partial charge in [-0.1, -0.05) is 0 Å². The number of hydrogen-bond donors (Lipinski definition) is 1. The molecule has 2 nitrogen and oxygen atoms in total. The molecule has 0 bridgehead atoms. The van der Waals surface area contributed by atoms with Crippen LogP contribution in [-0.4, -0.2) is 11.1 Å². The molecule has 0 saturated carbocycles. The molecule has 0 saturated heterocycles. The van der Waals surface area contributed by atoms with Crippen molar-refractivity contribution in [1.29, 1.82) is 0 Å². The van der Waals surface area contributed by atoms with Crippen LogP contribution >= 0.6 is 0 Å². The Morgan fingerprint density at radius 3 is 2.13 bits per heavy atom. The number of rotatable bonds is 1. The Morgan fingerprint density at radius 2 is 1.73 bits per heavy atom. The minimum absolute atomic E-state index is 0.0394. The van der Waals surface area contributed by atoms with Crippen LogP contribution in [0.25, 0.3) is 0 Å². The largest absolute Gasteiger partial charge is 0.478 e. The fourth-order valence-corrected chi connectivity index (χ4v) is 1.36. The number of aromatic carboxylic acids is 1. The maximum atomic E-state index is 12.4. The van der Waals surface area contributed by atoms with Crippen molar-refractivity contribution in [1.82, 2.24) is 0 Å². The summed E-state index contributed by atoms with van der Waals surface area (Å²) in [5.41, 5.74) is -0.773. The van der Waals surface area contributed by atoms with Gasteiger partial charge in [-0.05, 0) is 37.1 Å². The van der Waals surface area contributed by atoms with Crippen molar-refractivity contribution in [3.8, 4) is 0 Å². The van der Waals surface area contributed by atoms with Gasteiger partial charge in [-0.3, -0.25) is 0 Å². The van der Waals surface area contributed by atoms with E-state index in [0.29, 0.717) is 0 Å². The molecule has 0 amide bonds. The van der Waals surface area contributed by atoms with Gasteiger partial charge in [0.25, 0.3) is 0 Å². The van der Waals surface area contributed by atoms with Crippen LogP contribution in [0.5, 0.6) is 0 Å². The highest BCUT2D eigenvalue weighted by Gasteiger charge is 2.33. The Bertz CT molecular complexity index is 408. The Labute approximate surface area is 84.3 Å². The number of carboxylic acids is 1. The van der Waals surface area contributed by atoms with Crippen LogP contribution in [0.4, 0.5) is 13.2 Å². The van der Waals surface area contributed by atoms with Crippen molar-refractivity contribution in [2.24, 2.45) is 0 Å². The second-order valence-electron chi connectivity index (χ2n) is 3.21. The molecule has 15 heavy (non-hydrogen) atoms. The van der Waals surface area contributed by atoms with Gasteiger partial charge in [-0.25, -0.2) is 4.79 Å². The third-order valence-corrected chi connectivity index (χ3v) is 2.32. The third-order valence-electron chi connectivity index (χ3n) is 2.32. The quantitative estimate of drug-likeness (QED) is 0.786. The molecule has 0 aromatic heterocycles. The lowest BCUT2D eigenvalue weighted by Gasteiger charge is -2.13. The van der Waals surface area contributed by atoms with Crippen molar-refractivity contribution in [2.75, 3.05) is 0 Å². The van der Waals surface area contributed by atoms with Crippen molar-refractivity contribution >= 4 is 5.97 Å². The molecule has 0 heterocycles. The van der Waals surface area contributed by atoms with Gasteiger partial charge in [-0.2, -0.15) is 13.2 Å². The highest BCUT2D eigenvalue weighted by Crippen LogP contribution is 2.33. The molecule has 0 spiro atoms. The summed E-state index contributed by atoms with van der Waals surface area (Å²) in [6.07, 6.45) is -4.44. The minimum Gasteiger partial charge on any atom is -0.478 e. The van der Waals surface area contributed by atoms with Crippen LogP contribution in [-0.2, 0) is 6.18 Å². The molecule has 1 rings (SSSR count). The summed E-state index contributed by atoms with van der Waals surface area (Å²) in [5, 5.41) is 8.70. The van der Waals surface area contributed by atoms with E-state index in [1.807, 2.05) is 0 Å². The summed E-state index contributed by atoms with van der Waals surface area (Å²) in [6, 6.07) is 1.78. The van der Waals surface area contributed by atoms with E-state index in [-0.39, 0.29) is 16.7 Å². The van der Waals surface area contributed by atoms with E-state index in [9.17, 15) is 18.0 Å². The van der Waals surface area contributed by atoms with E-state index in [4.69, 9.17) is 5.11 Å². The minimum atomic E-state index is -4.44. The second kappa shape index (κ2) is 3.56. The summed E-state index contributed by atoms with van der Waals surface area (Å²) in [5.74, 6) is -1.22. The SMILES string of the molecule is Cc1c(C(=O)O)ccc(C(F)(F)F)c1C. The predicted molar refractivity (Wildman–Crippen MR) is 47.9 cm³/mol. The van der Waals surface area contributed by atoms with Gasteiger partial charge >= 0.3 is 12.1 Å². The number of halogens is 3. The zero-order valence-corrected chi connectivity index (χ0v) is 8.14. The van der Waals surface area contributed by atoms with Gasteiger partial charge in [0, 0.05) is 0 Å². The maximum absolute atomic E-state index is 12.4. The lowest BCUT2D eigenvalue weighted by molar-refractivity contribution is -0.138. The van der Waals surface area contributed by atoms with E-state index in [2.05, 4.69) is 0 Å². The smallest absolute Gasteiger partial charge is 0.416 e. The third kappa shape index (κ3) is 2.11. The molecule has 1 N–H and O–H groups in total. The summed E-state index contributed by atoms with van der Waals surface area (Å²) in [4.78, 5) is 10.7. The van der Waals surface area contributed by atoms with Gasteiger partial charge in [0.15, 0.2) is 0 Å². The first-order chi connectivity index (χ1) is 6.75. The molecule has 1 aromatic carbocycles. The Hall–Kier alpha value is -1.52. The maximum Gasteiger partial charge on any atom is 0.416 e. The molecule has 0 aliphatic rings. The second-order valence-corrected chi connectivity index (χ2v) is 3.21. The summed E-state index contributed by atoms with van der Waals surface area (Å²) < 4.78 is 37.2. The van der Waals surface area contributed by atoms with E-state index in [1.54, 1.807) is 0 Å². The molecule has 0 unspecified atom stereocenters. The molecule has 0 atom stereocenters. The number of hydrogen-bond acceptors (Lipinski definition) is 1. The van der Waals surface area contributed by atoms with Crippen molar-refractivity contribution in [3.05, 3.63) is 34.4 Å².